The molecule has 1 atom stereocenters. The van der Waals surface area contributed by atoms with Crippen molar-refractivity contribution in [2.24, 2.45) is 5.10 Å². The van der Waals surface area contributed by atoms with E-state index in [-0.39, 0.29) is 23.0 Å². The maximum Gasteiger partial charge on any atom is 0.331 e. The lowest BCUT2D eigenvalue weighted by Gasteiger charge is -2.21. The first kappa shape index (κ1) is 16.4. The van der Waals surface area contributed by atoms with Gasteiger partial charge in [-0.05, 0) is 35.0 Å². The maximum absolute atomic E-state index is 11.9. The fraction of sp³-hybridized carbons (Fsp3) is 0.364. The molecule has 2 heterocycles. The summed E-state index contributed by atoms with van der Waals surface area (Å²) in [7, 11) is 0. The van der Waals surface area contributed by atoms with Gasteiger partial charge in [-0.15, -0.1) is 17.0 Å². The van der Waals surface area contributed by atoms with Crippen LogP contribution in [0, 0.1) is 0 Å². The van der Waals surface area contributed by atoms with E-state index < -0.39 is 6.04 Å². The first-order chi connectivity index (χ1) is 8.63. The first-order valence-corrected chi connectivity index (χ1v) is 6.60. The number of hydrogen-bond acceptors (Lipinski definition) is 5. The predicted molar refractivity (Wildman–Crippen MR) is 83.4 cm³/mol. The number of pyridine rings is 1. The monoisotopic (exact) mass is 411 g/mol. The van der Waals surface area contributed by atoms with E-state index in [9.17, 15) is 4.79 Å². The van der Waals surface area contributed by atoms with Crippen molar-refractivity contribution in [3.63, 3.8) is 0 Å². The number of nitrogens with zero attached hydrogens (tertiary/aromatic N) is 3. The first-order valence-electron chi connectivity index (χ1n) is 5.43. The Kier molecular flexibility index (Phi) is 6.22. The van der Waals surface area contributed by atoms with E-state index in [0.29, 0.717) is 28.5 Å². The van der Waals surface area contributed by atoms with Gasteiger partial charge in [0.15, 0.2) is 11.9 Å². The molecule has 1 aliphatic rings. The van der Waals surface area contributed by atoms with Crippen LogP contribution in [0.2, 0.25) is 5.02 Å². The number of rotatable bonds is 3. The molecule has 0 aliphatic carbocycles. The normalized spacial score (nSPS) is 17.7. The van der Waals surface area contributed by atoms with E-state index in [2.05, 4.69) is 26.0 Å². The molecular formula is C11H12Br2ClN3O2. The quantitative estimate of drug-likeness (QED) is 0.715. The Labute approximate surface area is 134 Å². The number of hydrogen-bond donors (Lipinski definition) is 0. The Morgan fingerprint density at radius 3 is 3.05 bits per heavy atom. The molecule has 0 bridgehead atoms. The molecule has 1 aromatic heterocycles. The third-order valence-electron chi connectivity index (χ3n) is 2.39. The van der Waals surface area contributed by atoms with Crippen LogP contribution in [0.4, 0.5) is 5.82 Å². The third-order valence-corrected chi connectivity index (χ3v) is 3.17. The fourth-order valence-corrected chi connectivity index (χ4v) is 2.32. The zero-order valence-electron chi connectivity index (χ0n) is 10.0. The van der Waals surface area contributed by atoms with Gasteiger partial charge in [0.05, 0.1) is 11.6 Å². The van der Waals surface area contributed by atoms with E-state index in [1.54, 1.807) is 25.3 Å². The Morgan fingerprint density at radius 1 is 1.68 bits per heavy atom. The fourth-order valence-electron chi connectivity index (χ4n) is 1.64. The SMILES string of the molecule is Br.CCOC(=O)C1CC(Br)=NN1c1ncccc1Cl. The van der Waals surface area contributed by atoms with Crippen molar-refractivity contribution in [2.45, 2.75) is 19.4 Å². The number of hydrazone groups is 1. The number of esters is 1. The molecule has 0 fully saturated rings. The van der Waals surface area contributed by atoms with Crippen LogP contribution in [0.25, 0.3) is 0 Å². The number of carbonyl (C=O) groups is 1. The Bertz CT molecular complexity index is 499. The van der Waals surface area contributed by atoms with Crippen LogP contribution in [0.15, 0.2) is 23.4 Å². The maximum atomic E-state index is 11.9. The summed E-state index contributed by atoms with van der Waals surface area (Å²) < 4.78 is 5.69. The summed E-state index contributed by atoms with van der Waals surface area (Å²) in [4.78, 5) is 16.0. The summed E-state index contributed by atoms with van der Waals surface area (Å²) in [5.41, 5.74) is 0. The van der Waals surface area contributed by atoms with Crippen molar-refractivity contribution >= 4 is 60.9 Å². The molecular weight excluding hydrogens is 401 g/mol. The van der Waals surface area contributed by atoms with Gasteiger partial charge in [-0.1, -0.05) is 11.6 Å². The molecule has 0 N–H and O–H groups in total. The zero-order chi connectivity index (χ0) is 13.1. The molecule has 1 unspecified atom stereocenters. The largest absolute Gasteiger partial charge is 0.464 e. The number of carbonyl (C=O) groups excluding carboxylic acids is 1. The zero-order valence-corrected chi connectivity index (χ0v) is 14.1. The Hall–Kier alpha value is -0.660. The summed E-state index contributed by atoms with van der Waals surface area (Å²) in [6, 6.07) is 2.90. The molecule has 8 heteroatoms. The summed E-state index contributed by atoms with van der Waals surface area (Å²) >= 11 is 9.35. The van der Waals surface area contributed by atoms with Crippen molar-refractivity contribution in [1.29, 1.82) is 0 Å². The molecule has 104 valence electrons. The molecule has 0 saturated heterocycles. The van der Waals surface area contributed by atoms with Crippen molar-refractivity contribution in [1.82, 2.24) is 4.98 Å². The highest BCUT2D eigenvalue weighted by Crippen LogP contribution is 2.30. The van der Waals surface area contributed by atoms with Gasteiger partial charge >= 0.3 is 5.97 Å². The van der Waals surface area contributed by atoms with E-state index in [4.69, 9.17) is 16.3 Å². The second kappa shape index (κ2) is 7.21. The van der Waals surface area contributed by atoms with Gasteiger partial charge in [-0.2, -0.15) is 5.10 Å². The number of halogens is 3. The van der Waals surface area contributed by atoms with Crippen LogP contribution in [0.5, 0.6) is 0 Å². The topological polar surface area (TPSA) is 54.8 Å². The minimum absolute atomic E-state index is 0. The average molecular weight is 413 g/mol. The third kappa shape index (κ3) is 3.67. The minimum Gasteiger partial charge on any atom is -0.464 e. The van der Waals surface area contributed by atoms with Crippen LogP contribution >= 0.6 is 44.5 Å². The molecule has 5 nitrogen and oxygen atoms in total. The average Bonchev–Trinajstić information content (AvgIpc) is 2.72. The van der Waals surface area contributed by atoms with Gasteiger partial charge in [0.2, 0.25) is 0 Å². The molecule has 0 spiro atoms. The van der Waals surface area contributed by atoms with Crippen LogP contribution in [-0.2, 0) is 9.53 Å². The van der Waals surface area contributed by atoms with E-state index in [1.807, 2.05) is 0 Å². The summed E-state index contributed by atoms with van der Waals surface area (Å²) in [6.07, 6.45) is 2.05. The van der Waals surface area contributed by atoms with E-state index >= 15 is 0 Å². The van der Waals surface area contributed by atoms with Gasteiger partial charge in [0, 0.05) is 12.6 Å². The van der Waals surface area contributed by atoms with Crippen LogP contribution in [-0.4, -0.2) is 28.2 Å². The number of ether oxygens (including phenoxy) is 1. The van der Waals surface area contributed by atoms with Crippen LogP contribution in [0.3, 0.4) is 0 Å². The highest BCUT2D eigenvalue weighted by atomic mass is 79.9. The summed E-state index contributed by atoms with van der Waals surface area (Å²) in [5, 5.41) is 6.16. The highest BCUT2D eigenvalue weighted by Gasteiger charge is 2.35. The second-order valence-electron chi connectivity index (χ2n) is 3.60. The lowest BCUT2D eigenvalue weighted by atomic mass is 10.2. The number of anilines is 1. The molecule has 2 rings (SSSR count). The van der Waals surface area contributed by atoms with Gasteiger partial charge in [-0.3, -0.25) is 0 Å². The van der Waals surface area contributed by atoms with Crippen molar-refractivity contribution in [3.8, 4) is 0 Å². The molecule has 0 aromatic carbocycles. The van der Waals surface area contributed by atoms with Crippen LogP contribution in [0.1, 0.15) is 13.3 Å². The Balaban J connectivity index is 0.00000180. The smallest absolute Gasteiger partial charge is 0.331 e. The number of aromatic nitrogens is 1. The van der Waals surface area contributed by atoms with Crippen molar-refractivity contribution in [2.75, 3.05) is 11.6 Å². The highest BCUT2D eigenvalue weighted by molar-refractivity contribution is 9.18. The summed E-state index contributed by atoms with van der Waals surface area (Å²) in [6.45, 7) is 2.09. The predicted octanol–water partition coefficient (Wildman–Crippen LogP) is 3.16. The molecule has 1 aliphatic heterocycles. The van der Waals surface area contributed by atoms with Gasteiger partial charge in [0.1, 0.15) is 4.62 Å². The van der Waals surface area contributed by atoms with Gasteiger partial charge < -0.3 is 4.74 Å². The molecule has 0 radical (unpaired) electrons. The van der Waals surface area contributed by atoms with Gasteiger partial charge in [0.25, 0.3) is 0 Å². The van der Waals surface area contributed by atoms with E-state index in [0.717, 1.165) is 0 Å². The van der Waals surface area contributed by atoms with E-state index in [1.165, 1.54) is 5.01 Å². The van der Waals surface area contributed by atoms with Crippen molar-refractivity contribution < 1.29 is 9.53 Å². The van der Waals surface area contributed by atoms with Crippen LogP contribution < -0.4 is 5.01 Å². The lowest BCUT2D eigenvalue weighted by Crippen LogP contribution is -2.36. The molecule has 19 heavy (non-hydrogen) atoms. The molecule has 0 saturated carbocycles. The second-order valence-corrected chi connectivity index (χ2v) is 4.92. The molecule has 1 aromatic rings. The Morgan fingerprint density at radius 2 is 2.42 bits per heavy atom. The minimum atomic E-state index is -0.522. The standard InChI is InChI=1S/C11H11BrClN3O2.BrH/c1-2-18-11(17)8-6-9(12)15-16(8)10-7(13)4-3-5-14-10;/h3-5,8H,2,6H2,1H3;1H. The summed E-state index contributed by atoms with van der Waals surface area (Å²) in [5.74, 6) is 0.115. The van der Waals surface area contributed by atoms with Gasteiger partial charge in [-0.25, -0.2) is 14.8 Å². The molecule has 0 amide bonds. The lowest BCUT2D eigenvalue weighted by molar-refractivity contribution is -0.144. The van der Waals surface area contributed by atoms with Crippen molar-refractivity contribution in [3.05, 3.63) is 23.4 Å².